The summed E-state index contributed by atoms with van der Waals surface area (Å²) in [4.78, 5) is 24.7. The Bertz CT molecular complexity index is 1010. The highest BCUT2D eigenvalue weighted by Gasteiger charge is 2.27. The number of rotatable bonds is 10. The van der Waals surface area contributed by atoms with Gasteiger partial charge in [0, 0.05) is 23.4 Å². The van der Waals surface area contributed by atoms with E-state index in [4.69, 9.17) is 20.9 Å². The third-order valence-electron chi connectivity index (χ3n) is 6.77. The molecule has 0 heterocycles. The smallest absolute Gasteiger partial charge is 0.330 e. The largest absolute Gasteiger partial charge is 0.462 e. The van der Waals surface area contributed by atoms with Crippen molar-refractivity contribution in [1.82, 2.24) is 0 Å². The monoisotopic (exact) mass is 478 g/mol. The van der Waals surface area contributed by atoms with Crippen LogP contribution in [0.2, 0.25) is 0 Å². The minimum atomic E-state index is -0.434. The number of carbonyl (C=O) groups is 2. The second-order valence-corrected chi connectivity index (χ2v) is 9.60. The van der Waals surface area contributed by atoms with Crippen molar-refractivity contribution in [2.75, 3.05) is 18.1 Å². The van der Waals surface area contributed by atoms with Gasteiger partial charge in [-0.3, -0.25) is 4.79 Å². The summed E-state index contributed by atoms with van der Waals surface area (Å²) >= 11 is 0. The minimum absolute atomic E-state index is 0.00629. The van der Waals surface area contributed by atoms with Gasteiger partial charge in [-0.15, -0.1) is 0 Å². The average molecular weight is 479 g/mol. The van der Waals surface area contributed by atoms with Crippen LogP contribution in [0.15, 0.2) is 48.5 Å². The van der Waals surface area contributed by atoms with Crippen molar-refractivity contribution in [1.29, 1.82) is 0 Å². The van der Waals surface area contributed by atoms with Gasteiger partial charge in [0.15, 0.2) is 0 Å². The number of unbranched alkanes of at least 4 members (excludes halogenated alkanes) is 1. The van der Waals surface area contributed by atoms with E-state index in [1.807, 2.05) is 25.1 Å². The van der Waals surface area contributed by atoms with Gasteiger partial charge < -0.3 is 20.9 Å². The highest BCUT2D eigenvalue weighted by Crippen LogP contribution is 2.33. The Morgan fingerprint density at radius 2 is 1.77 bits per heavy atom. The number of hydrogen-bond acceptors (Lipinski definition) is 6. The molecule has 6 heteroatoms. The molecule has 0 amide bonds. The Morgan fingerprint density at radius 1 is 1.06 bits per heavy atom. The molecule has 0 radical (unpaired) electrons. The van der Waals surface area contributed by atoms with Gasteiger partial charge in [0.2, 0.25) is 0 Å². The Kier molecular flexibility index (Phi) is 9.76. The fourth-order valence-electron chi connectivity index (χ4n) is 4.58. The highest BCUT2D eigenvalue weighted by atomic mass is 16.5. The summed E-state index contributed by atoms with van der Waals surface area (Å²) < 4.78 is 11.0. The molecule has 1 atom stereocenters. The van der Waals surface area contributed by atoms with E-state index in [0.29, 0.717) is 17.1 Å². The van der Waals surface area contributed by atoms with Crippen molar-refractivity contribution in [3.63, 3.8) is 0 Å². The molecular formula is C29H38N2O4. The van der Waals surface area contributed by atoms with Crippen LogP contribution in [0.5, 0.6) is 5.75 Å². The predicted octanol–water partition coefficient (Wildman–Crippen LogP) is 6.11. The molecule has 2 aromatic rings. The first-order valence-electron chi connectivity index (χ1n) is 12.7. The molecule has 1 unspecified atom stereocenters. The Hall–Kier alpha value is -3.28. The molecule has 0 spiro atoms. The Labute approximate surface area is 208 Å². The second-order valence-electron chi connectivity index (χ2n) is 9.60. The molecule has 35 heavy (non-hydrogen) atoms. The molecule has 1 fully saturated rings. The summed E-state index contributed by atoms with van der Waals surface area (Å²) in [7, 11) is 0. The van der Waals surface area contributed by atoms with Crippen LogP contribution < -0.4 is 16.2 Å². The summed E-state index contributed by atoms with van der Waals surface area (Å²) in [6, 6.07) is 12.5. The molecule has 0 aromatic heterocycles. The Balaban J connectivity index is 1.42. The number of hydrogen-bond donors (Lipinski definition) is 2. The van der Waals surface area contributed by atoms with Gasteiger partial charge in [0.1, 0.15) is 5.75 Å². The van der Waals surface area contributed by atoms with Crippen LogP contribution >= 0.6 is 0 Å². The summed E-state index contributed by atoms with van der Waals surface area (Å²) in [5, 5.41) is 0. The molecule has 4 N–H and O–H groups in total. The molecular weight excluding hydrogens is 440 g/mol. The first kappa shape index (κ1) is 26.3. The topological polar surface area (TPSA) is 105 Å². The predicted molar refractivity (Wildman–Crippen MR) is 141 cm³/mol. The molecule has 6 nitrogen and oxygen atoms in total. The van der Waals surface area contributed by atoms with Gasteiger partial charge in [0.25, 0.3) is 0 Å². The molecule has 1 aliphatic carbocycles. The first-order valence-corrected chi connectivity index (χ1v) is 12.7. The maximum absolute atomic E-state index is 12.5. The van der Waals surface area contributed by atoms with Crippen LogP contribution in [0.3, 0.4) is 0 Å². The van der Waals surface area contributed by atoms with Gasteiger partial charge in [-0.05, 0) is 73.1 Å². The number of nitrogen functional groups attached to an aromatic ring is 2. The zero-order chi connectivity index (χ0) is 25.2. The van der Waals surface area contributed by atoms with Crippen molar-refractivity contribution in [3.8, 4) is 5.75 Å². The molecule has 1 saturated carbocycles. The summed E-state index contributed by atoms with van der Waals surface area (Å²) in [5.41, 5.74) is 14.6. The van der Waals surface area contributed by atoms with E-state index >= 15 is 0 Å². The Morgan fingerprint density at radius 3 is 2.43 bits per heavy atom. The maximum Gasteiger partial charge on any atom is 0.330 e. The zero-order valence-corrected chi connectivity index (χ0v) is 20.9. The average Bonchev–Trinajstić information content (AvgIpc) is 2.86. The lowest BCUT2D eigenvalue weighted by Crippen LogP contribution is -2.25. The van der Waals surface area contributed by atoms with Crippen LogP contribution in [-0.4, -0.2) is 18.5 Å². The van der Waals surface area contributed by atoms with Crippen molar-refractivity contribution < 1.29 is 19.1 Å². The summed E-state index contributed by atoms with van der Waals surface area (Å²) in [6.07, 6.45) is 10.9. The van der Waals surface area contributed by atoms with Crippen LogP contribution in [0.4, 0.5) is 11.4 Å². The van der Waals surface area contributed by atoms with E-state index in [1.54, 1.807) is 30.3 Å². The molecule has 188 valence electrons. The van der Waals surface area contributed by atoms with Crippen molar-refractivity contribution in [2.45, 2.75) is 64.7 Å². The van der Waals surface area contributed by atoms with E-state index < -0.39 is 5.97 Å². The number of anilines is 2. The van der Waals surface area contributed by atoms with Gasteiger partial charge in [0.05, 0.1) is 12.5 Å². The second kappa shape index (κ2) is 13.0. The fraction of sp³-hybridized carbons (Fsp3) is 0.448. The van der Waals surface area contributed by atoms with Crippen molar-refractivity contribution in [2.24, 2.45) is 11.8 Å². The standard InChI is InChI=1S/C29H38N2O4/c1-3-4-5-21-6-11-23(12-7-21)29(33)35-25-14-8-22(9-15-25)10-17-28(32)34-19-20(2)26-16-13-24(30)18-27(26)31/h8-10,13-18,20-21,23H,3-7,11-12,19,30-31H2,1-2H3/b17-10+. The highest BCUT2D eigenvalue weighted by molar-refractivity contribution is 5.87. The van der Waals surface area contributed by atoms with Gasteiger partial charge >= 0.3 is 11.9 Å². The number of ether oxygens (including phenoxy) is 2. The number of carbonyl (C=O) groups excluding carboxylic acids is 2. The maximum atomic E-state index is 12.5. The van der Waals surface area contributed by atoms with Gasteiger partial charge in [-0.2, -0.15) is 0 Å². The SMILES string of the molecule is CCCCC1CCC(C(=O)Oc2ccc(/C=C/C(=O)OCC(C)c3ccc(N)cc3N)cc2)CC1. The summed E-state index contributed by atoms with van der Waals surface area (Å²) in [6.45, 7) is 4.38. The molecule has 0 bridgehead atoms. The lowest BCUT2D eigenvalue weighted by atomic mass is 9.80. The number of esters is 2. The molecule has 2 aromatic carbocycles. The molecule has 1 aliphatic rings. The normalized spacial score (nSPS) is 18.8. The third kappa shape index (κ3) is 8.16. The van der Waals surface area contributed by atoms with Gasteiger partial charge in [-0.1, -0.05) is 51.3 Å². The molecule has 0 saturated heterocycles. The lowest BCUT2D eigenvalue weighted by Gasteiger charge is -2.27. The quantitative estimate of drug-likeness (QED) is 0.185. The zero-order valence-electron chi connectivity index (χ0n) is 20.9. The molecule has 3 rings (SSSR count). The first-order chi connectivity index (χ1) is 16.9. The number of benzene rings is 2. The van der Waals surface area contributed by atoms with Crippen LogP contribution in [-0.2, 0) is 14.3 Å². The van der Waals surface area contributed by atoms with Gasteiger partial charge in [-0.25, -0.2) is 4.79 Å². The van der Waals surface area contributed by atoms with E-state index in [2.05, 4.69) is 6.92 Å². The fourth-order valence-corrected chi connectivity index (χ4v) is 4.58. The van der Waals surface area contributed by atoms with Crippen LogP contribution in [0, 0.1) is 11.8 Å². The van der Waals surface area contributed by atoms with Crippen LogP contribution in [0.1, 0.15) is 75.8 Å². The van der Waals surface area contributed by atoms with E-state index in [-0.39, 0.29) is 24.4 Å². The van der Waals surface area contributed by atoms with E-state index in [1.165, 1.54) is 25.3 Å². The number of nitrogens with two attached hydrogens (primary N) is 2. The third-order valence-corrected chi connectivity index (χ3v) is 6.77. The minimum Gasteiger partial charge on any atom is -0.462 e. The van der Waals surface area contributed by atoms with Crippen molar-refractivity contribution in [3.05, 3.63) is 59.7 Å². The van der Waals surface area contributed by atoms with Crippen LogP contribution in [0.25, 0.3) is 6.08 Å². The lowest BCUT2D eigenvalue weighted by molar-refractivity contribution is -0.140. The molecule has 0 aliphatic heterocycles. The van der Waals surface area contributed by atoms with Crippen molar-refractivity contribution >= 4 is 29.4 Å². The van der Waals surface area contributed by atoms with E-state index in [0.717, 1.165) is 42.7 Å². The van der Waals surface area contributed by atoms with E-state index in [9.17, 15) is 9.59 Å². The summed E-state index contributed by atoms with van der Waals surface area (Å²) in [5.74, 6) is 0.660.